The maximum Gasteiger partial charge on any atom is 0.157 e. The van der Waals surface area contributed by atoms with E-state index >= 15 is 0 Å². The summed E-state index contributed by atoms with van der Waals surface area (Å²) in [6.07, 6.45) is 1.53. The lowest BCUT2D eigenvalue weighted by Crippen LogP contribution is -3.10. The third-order valence-corrected chi connectivity index (χ3v) is 4.47. The summed E-state index contributed by atoms with van der Waals surface area (Å²) in [4.78, 5) is 1.31. The van der Waals surface area contributed by atoms with Crippen molar-refractivity contribution in [2.75, 3.05) is 13.6 Å². The highest BCUT2D eigenvalue weighted by Gasteiger charge is 2.29. The number of phenolic OH excluding ortho intramolecular Hbond substituents is 4. The van der Waals surface area contributed by atoms with Gasteiger partial charge in [-0.2, -0.15) is 0 Å². The highest BCUT2D eigenvalue weighted by atomic mass is 16.3. The Morgan fingerprint density at radius 1 is 0.955 bits per heavy atom. The summed E-state index contributed by atoms with van der Waals surface area (Å²) < 4.78 is 0. The summed E-state index contributed by atoms with van der Waals surface area (Å²) in [6, 6.07) is 8.24. The van der Waals surface area contributed by atoms with Crippen molar-refractivity contribution < 1.29 is 25.3 Å². The minimum absolute atomic E-state index is 0.0840. The summed E-state index contributed by atoms with van der Waals surface area (Å²) in [5.74, 6) is -0.442. The van der Waals surface area contributed by atoms with Gasteiger partial charge in [-0.3, -0.25) is 0 Å². The topological polar surface area (TPSA) is 85.4 Å². The lowest BCUT2D eigenvalue weighted by atomic mass is 9.88. The van der Waals surface area contributed by atoms with Gasteiger partial charge in [0.25, 0.3) is 0 Å². The van der Waals surface area contributed by atoms with Crippen LogP contribution < -0.4 is 4.90 Å². The van der Waals surface area contributed by atoms with Crippen LogP contribution >= 0.6 is 0 Å². The molecule has 0 aliphatic carbocycles. The molecule has 0 aromatic heterocycles. The Bertz CT molecular complexity index is 714. The molecule has 0 radical (unpaired) electrons. The zero-order chi connectivity index (χ0) is 15.9. The van der Waals surface area contributed by atoms with Gasteiger partial charge in [-0.1, -0.05) is 6.07 Å². The Hall–Kier alpha value is -2.40. The predicted octanol–water partition coefficient (Wildman–Crippen LogP) is 0.864. The second-order valence-electron chi connectivity index (χ2n) is 5.97. The maximum atomic E-state index is 9.79. The molecule has 1 heterocycles. The molecule has 2 aromatic carbocycles. The second kappa shape index (κ2) is 5.42. The fourth-order valence-corrected chi connectivity index (χ4v) is 3.16. The smallest absolute Gasteiger partial charge is 0.157 e. The molecule has 2 unspecified atom stereocenters. The third-order valence-electron chi connectivity index (χ3n) is 4.47. The number of likely N-dealkylation sites (N-methyl/N-ethyl adjacent to an activating group) is 1. The molecule has 5 N–H and O–H groups in total. The first-order valence-electron chi connectivity index (χ1n) is 7.33. The number of phenols is 4. The van der Waals surface area contributed by atoms with E-state index in [0.717, 1.165) is 29.7 Å². The van der Waals surface area contributed by atoms with E-state index in [1.54, 1.807) is 24.3 Å². The minimum atomic E-state index is -0.129. The maximum absolute atomic E-state index is 9.79. The van der Waals surface area contributed by atoms with E-state index in [9.17, 15) is 20.4 Å². The van der Waals surface area contributed by atoms with Gasteiger partial charge in [0, 0.05) is 18.4 Å². The van der Waals surface area contributed by atoms with Gasteiger partial charge in [0.05, 0.1) is 13.6 Å². The molecule has 0 saturated carbocycles. The number of quaternary nitrogens is 1. The molecular weight excluding hydrogens is 282 g/mol. The fraction of sp³-hybridized carbons (Fsp3) is 0.294. The van der Waals surface area contributed by atoms with Gasteiger partial charge < -0.3 is 25.3 Å². The van der Waals surface area contributed by atoms with Crippen molar-refractivity contribution in [3.05, 3.63) is 47.0 Å². The molecule has 1 aliphatic heterocycles. The van der Waals surface area contributed by atoms with Gasteiger partial charge in [0.1, 0.15) is 6.04 Å². The predicted molar refractivity (Wildman–Crippen MR) is 81.4 cm³/mol. The molecule has 5 nitrogen and oxygen atoms in total. The average Bonchev–Trinajstić information content (AvgIpc) is 2.48. The fourth-order valence-electron chi connectivity index (χ4n) is 3.16. The minimum Gasteiger partial charge on any atom is -0.504 e. The number of rotatable bonds is 2. The van der Waals surface area contributed by atoms with Crippen LogP contribution in [0.4, 0.5) is 0 Å². The zero-order valence-corrected chi connectivity index (χ0v) is 12.4. The third kappa shape index (κ3) is 2.55. The molecule has 1 aliphatic rings. The summed E-state index contributed by atoms with van der Waals surface area (Å²) in [7, 11) is 2.10. The molecule has 0 bridgehead atoms. The van der Waals surface area contributed by atoms with E-state index in [0.29, 0.717) is 6.42 Å². The molecule has 0 saturated heterocycles. The van der Waals surface area contributed by atoms with Crippen LogP contribution in [0.5, 0.6) is 23.0 Å². The summed E-state index contributed by atoms with van der Waals surface area (Å²) in [6.45, 7) is 0.936. The monoisotopic (exact) mass is 302 g/mol. The Labute approximate surface area is 128 Å². The SMILES string of the molecule is C[NH+]1CCc2cc(O)c(O)cc2C1Cc1ccc(O)c(O)c1. The van der Waals surface area contributed by atoms with Gasteiger partial charge in [0.15, 0.2) is 23.0 Å². The van der Waals surface area contributed by atoms with E-state index in [4.69, 9.17) is 0 Å². The number of hydrogen-bond acceptors (Lipinski definition) is 4. The first kappa shape index (κ1) is 14.5. The molecule has 3 rings (SSSR count). The normalized spacial score (nSPS) is 20.6. The Morgan fingerprint density at radius 3 is 2.36 bits per heavy atom. The average molecular weight is 302 g/mol. The number of aromatic hydroxyl groups is 4. The largest absolute Gasteiger partial charge is 0.504 e. The molecule has 2 aromatic rings. The quantitative estimate of drug-likeness (QED) is 0.533. The van der Waals surface area contributed by atoms with Crippen LogP contribution in [-0.2, 0) is 12.8 Å². The van der Waals surface area contributed by atoms with Gasteiger partial charge in [-0.05, 0) is 35.4 Å². The molecule has 5 heteroatoms. The van der Waals surface area contributed by atoms with Crippen molar-refractivity contribution in [3.8, 4) is 23.0 Å². The summed E-state index contributed by atoms with van der Waals surface area (Å²) >= 11 is 0. The van der Waals surface area contributed by atoms with Crippen molar-refractivity contribution in [1.82, 2.24) is 0 Å². The zero-order valence-electron chi connectivity index (χ0n) is 12.4. The molecule has 22 heavy (non-hydrogen) atoms. The van der Waals surface area contributed by atoms with Crippen LogP contribution in [-0.4, -0.2) is 34.0 Å². The van der Waals surface area contributed by atoms with Gasteiger partial charge in [0.2, 0.25) is 0 Å². The number of hydrogen-bond donors (Lipinski definition) is 5. The van der Waals surface area contributed by atoms with Crippen molar-refractivity contribution in [2.45, 2.75) is 18.9 Å². The van der Waals surface area contributed by atoms with E-state index in [-0.39, 0.29) is 29.0 Å². The highest BCUT2D eigenvalue weighted by Crippen LogP contribution is 2.34. The van der Waals surface area contributed by atoms with Crippen LogP contribution in [0.2, 0.25) is 0 Å². The van der Waals surface area contributed by atoms with E-state index in [2.05, 4.69) is 7.05 Å². The lowest BCUT2D eigenvalue weighted by molar-refractivity contribution is -0.914. The van der Waals surface area contributed by atoms with Crippen LogP contribution in [0.15, 0.2) is 30.3 Å². The number of benzene rings is 2. The Morgan fingerprint density at radius 2 is 1.64 bits per heavy atom. The molecular formula is C17H20NO4+. The van der Waals surface area contributed by atoms with E-state index < -0.39 is 0 Å². The standard InChI is InChI=1S/C17H19NO4/c1-18-5-4-11-8-16(21)17(22)9-12(11)13(18)6-10-2-3-14(19)15(20)7-10/h2-3,7-9,13,19-22H,4-6H2,1H3/p+1. The van der Waals surface area contributed by atoms with Gasteiger partial charge >= 0.3 is 0 Å². The number of nitrogens with one attached hydrogen (secondary N) is 1. The van der Waals surface area contributed by atoms with Crippen LogP contribution in [0, 0.1) is 0 Å². The molecule has 2 atom stereocenters. The van der Waals surface area contributed by atoms with Crippen LogP contribution in [0.3, 0.4) is 0 Å². The van der Waals surface area contributed by atoms with Crippen molar-refractivity contribution in [3.63, 3.8) is 0 Å². The van der Waals surface area contributed by atoms with Gasteiger partial charge in [-0.25, -0.2) is 0 Å². The summed E-state index contributed by atoms with van der Waals surface area (Å²) in [5.41, 5.74) is 2.99. The number of fused-ring (bicyclic) bond motifs is 1. The molecule has 116 valence electrons. The Balaban J connectivity index is 1.96. The van der Waals surface area contributed by atoms with Crippen LogP contribution in [0.1, 0.15) is 22.7 Å². The van der Waals surface area contributed by atoms with Crippen molar-refractivity contribution in [2.24, 2.45) is 0 Å². The lowest BCUT2D eigenvalue weighted by Gasteiger charge is -2.32. The molecule has 0 spiro atoms. The Kier molecular flexibility index (Phi) is 3.58. The van der Waals surface area contributed by atoms with Crippen molar-refractivity contribution in [1.29, 1.82) is 0 Å². The second-order valence-corrected chi connectivity index (χ2v) is 5.97. The van der Waals surface area contributed by atoms with Crippen LogP contribution in [0.25, 0.3) is 0 Å². The highest BCUT2D eigenvalue weighted by molar-refractivity contribution is 5.48. The first-order chi connectivity index (χ1) is 10.5. The van der Waals surface area contributed by atoms with E-state index in [1.165, 1.54) is 11.0 Å². The first-order valence-corrected chi connectivity index (χ1v) is 7.33. The van der Waals surface area contributed by atoms with Gasteiger partial charge in [-0.15, -0.1) is 0 Å². The summed E-state index contributed by atoms with van der Waals surface area (Å²) in [5, 5.41) is 38.5. The van der Waals surface area contributed by atoms with E-state index in [1.807, 2.05) is 0 Å². The van der Waals surface area contributed by atoms with Crippen molar-refractivity contribution >= 4 is 0 Å². The molecule has 0 amide bonds. The molecule has 0 fully saturated rings.